The molecule has 0 aromatic heterocycles. The van der Waals surface area contributed by atoms with E-state index in [1.54, 1.807) is 0 Å². The topological polar surface area (TPSA) is 99.1 Å². The SMILES string of the molecule is CCCC/C=C/C=C/CCCCCC(=O)OCC(COCCC(C(=O)O)[N+](C)(C)C)OC(=O)CCCCCCCCCCCC/C=C/C=C/CCCCC. The molecule has 0 saturated carbocycles. The first-order chi connectivity index (χ1) is 26.1. The van der Waals surface area contributed by atoms with Crippen molar-refractivity contribution in [3.05, 3.63) is 48.6 Å². The van der Waals surface area contributed by atoms with E-state index in [1.807, 2.05) is 21.1 Å². The Labute approximate surface area is 331 Å². The standard InChI is InChI=1S/C46H81NO7/c1-6-8-10-12-14-16-18-19-20-21-22-23-24-25-27-29-31-33-35-37-45(49)54-42(40-52-39-38-43(46(50)51)47(3,4)5)41-53-44(48)36-34-32-30-28-26-17-15-13-11-9-7-2/h13-19,26,42-43H,6-12,20-25,27-41H2,1-5H3/p+1/b15-13+,16-14+,19-18+,26-17+. The third kappa shape index (κ3) is 35.0. The maximum atomic E-state index is 12.7. The van der Waals surface area contributed by atoms with Crippen LogP contribution in [0.15, 0.2) is 48.6 Å². The monoisotopic (exact) mass is 761 g/mol. The van der Waals surface area contributed by atoms with Gasteiger partial charge < -0.3 is 23.8 Å². The number of esters is 2. The molecule has 2 atom stereocenters. The van der Waals surface area contributed by atoms with Crippen molar-refractivity contribution in [2.45, 2.75) is 187 Å². The Bertz CT molecular complexity index is 1030. The second kappa shape index (κ2) is 37.2. The van der Waals surface area contributed by atoms with Crippen LogP contribution in [0.1, 0.15) is 174 Å². The van der Waals surface area contributed by atoms with Gasteiger partial charge in [-0.15, -0.1) is 0 Å². The van der Waals surface area contributed by atoms with Crippen molar-refractivity contribution in [3.63, 3.8) is 0 Å². The quantitative estimate of drug-likeness (QED) is 0.0289. The van der Waals surface area contributed by atoms with Crippen molar-refractivity contribution < 1.29 is 38.2 Å². The number of carboxylic acids is 1. The third-order valence-electron chi connectivity index (χ3n) is 9.51. The van der Waals surface area contributed by atoms with Gasteiger partial charge in [0.15, 0.2) is 12.1 Å². The molecule has 0 spiro atoms. The zero-order chi connectivity index (χ0) is 40.0. The second-order valence-electron chi connectivity index (χ2n) is 15.7. The predicted octanol–water partition coefficient (Wildman–Crippen LogP) is 11.6. The van der Waals surface area contributed by atoms with Gasteiger partial charge >= 0.3 is 17.9 Å². The average molecular weight is 761 g/mol. The molecule has 0 heterocycles. The highest BCUT2D eigenvalue weighted by atomic mass is 16.6. The lowest BCUT2D eigenvalue weighted by Gasteiger charge is -2.31. The summed E-state index contributed by atoms with van der Waals surface area (Å²) in [5.41, 5.74) is 0. The average Bonchev–Trinajstić information content (AvgIpc) is 3.12. The molecule has 8 nitrogen and oxygen atoms in total. The van der Waals surface area contributed by atoms with Gasteiger partial charge in [0.2, 0.25) is 0 Å². The number of rotatable bonds is 38. The number of quaternary nitrogens is 1. The summed E-state index contributed by atoms with van der Waals surface area (Å²) in [5, 5.41) is 9.60. The molecular weight excluding hydrogens is 679 g/mol. The molecule has 54 heavy (non-hydrogen) atoms. The Morgan fingerprint density at radius 1 is 0.556 bits per heavy atom. The van der Waals surface area contributed by atoms with Crippen LogP contribution in [0, 0.1) is 0 Å². The molecule has 0 aliphatic rings. The van der Waals surface area contributed by atoms with E-state index in [0.717, 1.165) is 51.4 Å². The highest BCUT2D eigenvalue weighted by Gasteiger charge is 2.31. The zero-order valence-corrected chi connectivity index (χ0v) is 35.4. The van der Waals surface area contributed by atoms with Gasteiger partial charge in [0, 0.05) is 19.3 Å². The van der Waals surface area contributed by atoms with Gasteiger partial charge in [-0.3, -0.25) is 9.59 Å². The van der Waals surface area contributed by atoms with Crippen LogP contribution in [0.3, 0.4) is 0 Å². The largest absolute Gasteiger partial charge is 0.477 e. The molecule has 0 rings (SSSR count). The predicted molar refractivity (Wildman–Crippen MR) is 224 cm³/mol. The van der Waals surface area contributed by atoms with E-state index >= 15 is 0 Å². The number of ether oxygens (including phenoxy) is 3. The highest BCUT2D eigenvalue weighted by molar-refractivity contribution is 5.72. The van der Waals surface area contributed by atoms with Crippen LogP contribution in [0.25, 0.3) is 0 Å². The molecule has 0 bridgehead atoms. The van der Waals surface area contributed by atoms with E-state index in [-0.39, 0.29) is 36.2 Å². The van der Waals surface area contributed by atoms with Gasteiger partial charge in [0.25, 0.3) is 0 Å². The van der Waals surface area contributed by atoms with E-state index in [1.165, 1.54) is 89.9 Å². The number of unbranched alkanes of at least 4 members (excludes halogenated alkanes) is 18. The number of hydrogen-bond donors (Lipinski definition) is 1. The molecule has 0 amide bonds. The van der Waals surface area contributed by atoms with E-state index in [2.05, 4.69) is 62.5 Å². The van der Waals surface area contributed by atoms with Gasteiger partial charge in [-0.05, 0) is 57.8 Å². The lowest BCUT2D eigenvalue weighted by molar-refractivity contribution is -0.887. The Morgan fingerprint density at radius 2 is 0.981 bits per heavy atom. The zero-order valence-electron chi connectivity index (χ0n) is 35.4. The molecular formula is C46H82NO7+. The summed E-state index contributed by atoms with van der Waals surface area (Å²) in [6.07, 6.45) is 43.0. The fraction of sp³-hybridized carbons (Fsp3) is 0.761. The molecule has 0 saturated heterocycles. The van der Waals surface area contributed by atoms with Crippen molar-refractivity contribution in [2.24, 2.45) is 0 Å². The number of carbonyl (C=O) groups is 3. The second-order valence-corrected chi connectivity index (χ2v) is 15.7. The van der Waals surface area contributed by atoms with Gasteiger partial charge in [-0.1, -0.05) is 146 Å². The van der Waals surface area contributed by atoms with Gasteiger partial charge in [0.1, 0.15) is 6.61 Å². The fourth-order valence-corrected chi connectivity index (χ4v) is 6.06. The first kappa shape index (κ1) is 51.3. The van der Waals surface area contributed by atoms with Crippen molar-refractivity contribution in [1.82, 2.24) is 0 Å². The van der Waals surface area contributed by atoms with Crippen LogP contribution in [-0.4, -0.2) is 80.6 Å². The number of carboxylic acid groups (broad SMARTS) is 1. The minimum atomic E-state index is -0.881. The smallest absolute Gasteiger partial charge is 0.362 e. The van der Waals surface area contributed by atoms with Crippen LogP contribution in [0.2, 0.25) is 0 Å². The van der Waals surface area contributed by atoms with Crippen LogP contribution in [-0.2, 0) is 28.6 Å². The Balaban J connectivity index is 4.34. The molecule has 0 radical (unpaired) electrons. The minimum Gasteiger partial charge on any atom is -0.477 e. The third-order valence-corrected chi connectivity index (χ3v) is 9.51. The van der Waals surface area contributed by atoms with Gasteiger partial charge in [-0.25, -0.2) is 4.79 Å². The Morgan fingerprint density at radius 3 is 1.46 bits per heavy atom. The number of carbonyl (C=O) groups excluding carboxylic acids is 2. The molecule has 0 aromatic rings. The van der Waals surface area contributed by atoms with Crippen LogP contribution >= 0.6 is 0 Å². The highest BCUT2D eigenvalue weighted by Crippen LogP contribution is 2.14. The number of nitrogens with zero attached hydrogens (tertiary/aromatic N) is 1. The van der Waals surface area contributed by atoms with E-state index < -0.39 is 18.1 Å². The molecule has 312 valence electrons. The van der Waals surface area contributed by atoms with E-state index in [9.17, 15) is 19.5 Å². The summed E-state index contributed by atoms with van der Waals surface area (Å²) in [5.74, 6) is -1.51. The van der Waals surface area contributed by atoms with Crippen molar-refractivity contribution >= 4 is 17.9 Å². The number of hydrogen-bond acceptors (Lipinski definition) is 6. The van der Waals surface area contributed by atoms with Crippen molar-refractivity contribution in [3.8, 4) is 0 Å². The lowest BCUT2D eigenvalue weighted by Crippen LogP contribution is -2.50. The lowest BCUT2D eigenvalue weighted by atomic mass is 10.1. The summed E-state index contributed by atoms with van der Waals surface area (Å²) in [6.45, 7) is 4.62. The summed E-state index contributed by atoms with van der Waals surface area (Å²) in [6, 6.07) is -0.619. The Kier molecular flexibility index (Phi) is 35.4. The Hall–Kier alpha value is -2.71. The summed E-state index contributed by atoms with van der Waals surface area (Å²) in [7, 11) is 5.51. The number of aliphatic carboxylic acids is 1. The van der Waals surface area contributed by atoms with Gasteiger partial charge in [0.05, 0.1) is 34.4 Å². The van der Waals surface area contributed by atoms with Gasteiger partial charge in [-0.2, -0.15) is 0 Å². The molecule has 0 fully saturated rings. The number of likely N-dealkylation sites (N-methyl/N-ethyl adjacent to an activating group) is 1. The van der Waals surface area contributed by atoms with Crippen LogP contribution in [0.4, 0.5) is 0 Å². The maximum Gasteiger partial charge on any atom is 0.362 e. The molecule has 0 aliphatic heterocycles. The summed E-state index contributed by atoms with van der Waals surface area (Å²) < 4.78 is 17.2. The normalized spacial score (nSPS) is 13.4. The van der Waals surface area contributed by atoms with Crippen LogP contribution < -0.4 is 0 Å². The first-order valence-electron chi connectivity index (χ1n) is 21.7. The molecule has 8 heteroatoms. The summed E-state index contributed by atoms with van der Waals surface area (Å²) in [4.78, 5) is 36.9. The molecule has 2 unspecified atom stereocenters. The van der Waals surface area contributed by atoms with Crippen LogP contribution in [0.5, 0.6) is 0 Å². The summed E-state index contributed by atoms with van der Waals surface area (Å²) >= 11 is 0. The number of allylic oxidation sites excluding steroid dienone is 8. The molecule has 0 aliphatic carbocycles. The van der Waals surface area contributed by atoms with E-state index in [0.29, 0.717) is 19.3 Å². The van der Waals surface area contributed by atoms with Crippen molar-refractivity contribution in [1.29, 1.82) is 0 Å². The van der Waals surface area contributed by atoms with Crippen molar-refractivity contribution in [2.75, 3.05) is 41.0 Å². The molecule has 1 N–H and O–H groups in total. The fourth-order valence-electron chi connectivity index (χ4n) is 6.06. The first-order valence-corrected chi connectivity index (χ1v) is 21.7. The maximum absolute atomic E-state index is 12.7. The van der Waals surface area contributed by atoms with E-state index in [4.69, 9.17) is 14.2 Å². The molecule has 0 aromatic carbocycles. The minimum absolute atomic E-state index is 0.0506.